The summed E-state index contributed by atoms with van der Waals surface area (Å²) < 4.78 is 1.60. The van der Waals surface area contributed by atoms with Crippen LogP contribution in [0.15, 0.2) is 39.1 Å². The summed E-state index contributed by atoms with van der Waals surface area (Å²) in [6, 6.07) is 7.60. The second-order valence-electron chi connectivity index (χ2n) is 4.59. The van der Waals surface area contributed by atoms with E-state index in [-0.39, 0.29) is 11.7 Å². The SMILES string of the molecule is CC(C)n1c(Sc2ccccc2[C@H](C)O)n[nH]c1=O. The molecule has 2 rings (SSSR count). The van der Waals surface area contributed by atoms with E-state index in [9.17, 15) is 9.90 Å². The van der Waals surface area contributed by atoms with E-state index in [4.69, 9.17) is 0 Å². The van der Waals surface area contributed by atoms with Crippen molar-refractivity contribution in [1.82, 2.24) is 14.8 Å². The molecule has 2 aromatic rings. The molecular formula is C13H17N3O2S. The molecule has 0 aliphatic rings. The van der Waals surface area contributed by atoms with E-state index in [1.54, 1.807) is 11.5 Å². The predicted molar refractivity (Wildman–Crippen MR) is 74.4 cm³/mol. The summed E-state index contributed by atoms with van der Waals surface area (Å²) in [6.07, 6.45) is -0.554. The zero-order valence-electron chi connectivity index (χ0n) is 11.1. The third kappa shape index (κ3) is 2.90. The van der Waals surface area contributed by atoms with E-state index in [2.05, 4.69) is 10.2 Å². The van der Waals surface area contributed by atoms with Crippen LogP contribution in [0.2, 0.25) is 0 Å². The highest BCUT2D eigenvalue weighted by Gasteiger charge is 2.15. The van der Waals surface area contributed by atoms with Crippen molar-refractivity contribution in [3.05, 3.63) is 40.3 Å². The number of benzene rings is 1. The van der Waals surface area contributed by atoms with Gasteiger partial charge in [0.1, 0.15) is 0 Å². The van der Waals surface area contributed by atoms with E-state index >= 15 is 0 Å². The Bertz CT molecular complexity index is 616. The third-order valence-corrected chi connectivity index (χ3v) is 3.82. The average molecular weight is 279 g/mol. The molecular weight excluding hydrogens is 262 g/mol. The zero-order valence-corrected chi connectivity index (χ0v) is 11.9. The second kappa shape index (κ2) is 5.63. The van der Waals surface area contributed by atoms with Crippen molar-refractivity contribution in [2.45, 2.75) is 43.0 Å². The van der Waals surface area contributed by atoms with Crippen LogP contribution in [0, 0.1) is 0 Å². The second-order valence-corrected chi connectivity index (χ2v) is 5.60. The minimum Gasteiger partial charge on any atom is -0.389 e. The highest BCUT2D eigenvalue weighted by Crippen LogP contribution is 2.32. The minimum atomic E-state index is -0.554. The van der Waals surface area contributed by atoms with Crippen molar-refractivity contribution in [3.8, 4) is 0 Å². The van der Waals surface area contributed by atoms with E-state index in [1.165, 1.54) is 11.8 Å². The molecule has 1 aromatic heterocycles. The number of aromatic nitrogens is 3. The van der Waals surface area contributed by atoms with Crippen LogP contribution in [0.5, 0.6) is 0 Å². The molecule has 0 spiro atoms. The van der Waals surface area contributed by atoms with Crippen molar-refractivity contribution >= 4 is 11.8 Å². The number of hydrogen-bond donors (Lipinski definition) is 2. The van der Waals surface area contributed by atoms with Gasteiger partial charge in [0.2, 0.25) is 0 Å². The van der Waals surface area contributed by atoms with Gasteiger partial charge in [-0.1, -0.05) is 18.2 Å². The van der Waals surface area contributed by atoms with Crippen molar-refractivity contribution in [3.63, 3.8) is 0 Å². The van der Waals surface area contributed by atoms with Crippen molar-refractivity contribution in [2.24, 2.45) is 0 Å². The molecule has 102 valence electrons. The maximum atomic E-state index is 11.7. The number of rotatable bonds is 4. The number of aliphatic hydroxyl groups is 1. The molecule has 0 saturated carbocycles. The quantitative estimate of drug-likeness (QED) is 0.901. The minimum absolute atomic E-state index is 0.0347. The average Bonchev–Trinajstić information content (AvgIpc) is 2.71. The Labute approximate surface area is 115 Å². The summed E-state index contributed by atoms with van der Waals surface area (Å²) in [4.78, 5) is 12.6. The lowest BCUT2D eigenvalue weighted by Crippen LogP contribution is -2.19. The van der Waals surface area contributed by atoms with Crippen molar-refractivity contribution in [1.29, 1.82) is 0 Å². The first-order chi connectivity index (χ1) is 9.00. The molecule has 1 heterocycles. The summed E-state index contributed by atoms with van der Waals surface area (Å²) in [6.45, 7) is 5.59. The summed E-state index contributed by atoms with van der Waals surface area (Å²) in [5.74, 6) is 0. The largest absolute Gasteiger partial charge is 0.389 e. The van der Waals surface area contributed by atoms with Crippen LogP contribution in [0.4, 0.5) is 0 Å². The molecule has 6 heteroatoms. The maximum absolute atomic E-state index is 11.7. The van der Waals surface area contributed by atoms with Gasteiger partial charge in [0.05, 0.1) is 6.10 Å². The fourth-order valence-corrected chi connectivity index (χ4v) is 3.02. The summed E-state index contributed by atoms with van der Waals surface area (Å²) in [7, 11) is 0. The molecule has 2 N–H and O–H groups in total. The number of hydrogen-bond acceptors (Lipinski definition) is 4. The van der Waals surface area contributed by atoms with Crippen LogP contribution in [-0.4, -0.2) is 19.9 Å². The first-order valence-corrected chi connectivity index (χ1v) is 6.94. The normalized spacial score (nSPS) is 12.9. The molecule has 1 aromatic carbocycles. The molecule has 5 nitrogen and oxygen atoms in total. The number of nitrogens with one attached hydrogen (secondary N) is 1. The van der Waals surface area contributed by atoms with Crippen molar-refractivity contribution < 1.29 is 5.11 Å². The van der Waals surface area contributed by atoms with Crippen LogP contribution < -0.4 is 5.69 Å². The topological polar surface area (TPSA) is 70.9 Å². The molecule has 0 aliphatic heterocycles. The molecule has 0 saturated heterocycles. The third-order valence-electron chi connectivity index (χ3n) is 2.76. The highest BCUT2D eigenvalue weighted by molar-refractivity contribution is 7.99. The van der Waals surface area contributed by atoms with Crippen LogP contribution in [0.25, 0.3) is 0 Å². The maximum Gasteiger partial charge on any atom is 0.344 e. The summed E-state index contributed by atoms with van der Waals surface area (Å²) in [5, 5.41) is 16.9. The standard InChI is InChI=1S/C13H17N3O2S/c1-8(2)16-12(18)14-15-13(16)19-11-7-5-4-6-10(11)9(3)17/h4-9,17H,1-3H3,(H,14,18)/t9-/m0/s1. The molecule has 0 aliphatic carbocycles. The molecule has 19 heavy (non-hydrogen) atoms. The van der Waals surface area contributed by atoms with Gasteiger partial charge in [-0.25, -0.2) is 9.89 Å². The van der Waals surface area contributed by atoms with Gasteiger partial charge < -0.3 is 5.11 Å². The van der Waals surface area contributed by atoms with Gasteiger partial charge in [0.15, 0.2) is 5.16 Å². The van der Waals surface area contributed by atoms with E-state index in [0.29, 0.717) is 5.16 Å². The van der Waals surface area contributed by atoms with Gasteiger partial charge in [-0.2, -0.15) is 0 Å². The van der Waals surface area contributed by atoms with Gasteiger partial charge in [-0.05, 0) is 44.2 Å². The van der Waals surface area contributed by atoms with Crippen LogP contribution in [-0.2, 0) is 0 Å². The van der Waals surface area contributed by atoms with E-state index in [1.807, 2.05) is 38.1 Å². The van der Waals surface area contributed by atoms with Crippen LogP contribution in [0.3, 0.4) is 0 Å². The van der Waals surface area contributed by atoms with Gasteiger partial charge in [-0.3, -0.25) is 4.57 Å². The highest BCUT2D eigenvalue weighted by atomic mass is 32.2. The van der Waals surface area contributed by atoms with Gasteiger partial charge in [-0.15, -0.1) is 5.10 Å². The Kier molecular flexibility index (Phi) is 4.11. The smallest absolute Gasteiger partial charge is 0.344 e. The predicted octanol–water partition coefficient (Wildman–Crippen LogP) is 2.36. The Morgan fingerprint density at radius 2 is 2.00 bits per heavy atom. The molecule has 0 fully saturated rings. The summed E-state index contributed by atoms with van der Waals surface area (Å²) in [5.41, 5.74) is 0.616. The van der Waals surface area contributed by atoms with E-state index in [0.717, 1.165) is 10.5 Å². The Hall–Kier alpha value is -1.53. The lowest BCUT2D eigenvalue weighted by molar-refractivity contribution is 0.196. The monoisotopic (exact) mass is 279 g/mol. The van der Waals surface area contributed by atoms with E-state index < -0.39 is 6.10 Å². The lowest BCUT2D eigenvalue weighted by Gasteiger charge is -2.12. The van der Waals surface area contributed by atoms with Crippen molar-refractivity contribution in [2.75, 3.05) is 0 Å². The van der Waals surface area contributed by atoms with Crippen LogP contribution >= 0.6 is 11.8 Å². The Morgan fingerprint density at radius 3 is 2.63 bits per heavy atom. The molecule has 0 bridgehead atoms. The first-order valence-electron chi connectivity index (χ1n) is 6.12. The molecule has 0 radical (unpaired) electrons. The number of aromatic amines is 1. The number of aliphatic hydroxyl groups excluding tert-OH is 1. The first kappa shape index (κ1) is 13.9. The molecule has 0 amide bonds. The fraction of sp³-hybridized carbons (Fsp3) is 0.385. The van der Waals surface area contributed by atoms with Gasteiger partial charge >= 0.3 is 5.69 Å². The van der Waals surface area contributed by atoms with Gasteiger partial charge in [0.25, 0.3) is 0 Å². The number of nitrogens with zero attached hydrogens (tertiary/aromatic N) is 2. The van der Waals surface area contributed by atoms with Crippen LogP contribution in [0.1, 0.15) is 38.5 Å². The summed E-state index contributed by atoms with van der Waals surface area (Å²) >= 11 is 1.38. The molecule has 0 unspecified atom stereocenters. The molecule has 1 atom stereocenters. The number of H-pyrrole nitrogens is 1. The lowest BCUT2D eigenvalue weighted by atomic mass is 10.1. The zero-order chi connectivity index (χ0) is 14.0. The Balaban J connectivity index is 2.40. The fourth-order valence-electron chi connectivity index (χ4n) is 1.83. The van der Waals surface area contributed by atoms with Gasteiger partial charge in [0, 0.05) is 10.9 Å². The Morgan fingerprint density at radius 1 is 1.32 bits per heavy atom.